The van der Waals surface area contributed by atoms with E-state index in [9.17, 15) is 31.9 Å². The molecule has 9 nitrogen and oxygen atoms in total. The van der Waals surface area contributed by atoms with E-state index in [-0.39, 0.29) is 25.4 Å². The average Bonchev–Trinajstić information content (AvgIpc) is 3.55. The predicted octanol–water partition coefficient (Wildman–Crippen LogP) is 6.33. The number of hydrogen-bond donors (Lipinski definition) is 2. The van der Waals surface area contributed by atoms with E-state index in [0.29, 0.717) is 28.5 Å². The molecule has 5 aromatic rings. The highest BCUT2D eigenvalue weighted by Gasteiger charge is 2.33. The van der Waals surface area contributed by atoms with Gasteiger partial charge in [-0.2, -0.15) is 0 Å². The van der Waals surface area contributed by atoms with Gasteiger partial charge in [0.2, 0.25) is 11.0 Å². The van der Waals surface area contributed by atoms with E-state index in [1.54, 1.807) is 36.0 Å². The first-order valence-electron chi connectivity index (χ1n) is 15.0. The van der Waals surface area contributed by atoms with E-state index in [1.807, 2.05) is 48.5 Å². The fraction of sp³-hybridized carbons (Fsp3) is 0.235. The Bertz CT molecular complexity index is 1930. The lowest BCUT2D eigenvalue weighted by atomic mass is 9.97. The molecule has 3 atom stereocenters. The van der Waals surface area contributed by atoms with Crippen LogP contribution < -0.4 is 5.32 Å². The van der Waals surface area contributed by atoms with Gasteiger partial charge in [0.15, 0.2) is 29.6 Å². The van der Waals surface area contributed by atoms with Crippen molar-refractivity contribution in [2.24, 2.45) is 7.05 Å². The third-order valence-electron chi connectivity index (χ3n) is 7.98. The Balaban J connectivity index is 1.20. The number of carbonyl (C=O) groups is 1. The van der Waals surface area contributed by atoms with Gasteiger partial charge in [-0.25, -0.2) is 26.6 Å². The van der Waals surface area contributed by atoms with Crippen LogP contribution in [0.4, 0.5) is 22.0 Å². The number of nitrogens with zero attached hydrogens (tertiary/aromatic N) is 4. The van der Waals surface area contributed by atoms with Gasteiger partial charge in [0.25, 0.3) is 5.91 Å². The van der Waals surface area contributed by atoms with E-state index in [0.717, 1.165) is 22.3 Å². The molecule has 0 radical (unpaired) electrons. The van der Waals surface area contributed by atoms with Crippen LogP contribution in [0.2, 0.25) is 0 Å². The molecule has 0 bridgehead atoms. The van der Waals surface area contributed by atoms with Crippen LogP contribution in [0.3, 0.4) is 0 Å². The maximum Gasteiger partial charge on any atom is 0.257 e. The van der Waals surface area contributed by atoms with E-state index >= 15 is 0 Å². The SMILES string of the molecule is Cn1nnnc1SC[C@@H]1C[C@H](c2ccc(CO)cc2)O[C@H](c2ccc(-c3ccccc3CNC(=O)c3c(F)c(F)c(F)c(F)c3F)cc2)O1. The van der Waals surface area contributed by atoms with Crippen molar-refractivity contribution >= 4 is 17.7 Å². The first-order chi connectivity index (χ1) is 23.6. The highest BCUT2D eigenvalue weighted by Crippen LogP contribution is 2.40. The number of aliphatic hydroxyl groups excluding tert-OH is 1. The lowest BCUT2D eigenvalue weighted by molar-refractivity contribution is -0.245. The summed E-state index contributed by atoms with van der Waals surface area (Å²) in [4.78, 5) is 12.6. The number of tetrazole rings is 1. The van der Waals surface area contributed by atoms with Crippen molar-refractivity contribution < 1.29 is 41.3 Å². The van der Waals surface area contributed by atoms with Crippen molar-refractivity contribution in [1.82, 2.24) is 25.5 Å². The summed E-state index contributed by atoms with van der Waals surface area (Å²) in [7, 11) is 1.75. The van der Waals surface area contributed by atoms with Gasteiger partial charge in [0, 0.05) is 31.3 Å². The molecule has 1 aliphatic heterocycles. The van der Waals surface area contributed by atoms with Crippen LogP contribution in [-0.2, 0) is 29.7 Å². The summed E-state index contributed by atoms with van der Waals surface area (Å²) in [5.74, 6) is -12.1. The Morgan fingerprint density at radius 1 is 0.898 bits per heavy atom. The highest BCUT2D eigenvalue weighted by molar-refractivity contribution is 7.99. The number of aryl methyl sites for hydroxylation is 1. The number of ether oxygens (including phenoxy) is 2. The molecule has 0 saturated carbocycles. The van der Waals surface area contributed by atoms with Gasteiger partial charge in [-0.05, 0) is 38.2 Å². The molecule has 254 valence electrons. The van der Waals surface area contributed by atoms with Gasteiger partial charge in [0.05, 0.1) is 18.8 Å². The van der Waals surface area contributed by atoms with Gasteiger partial charge in [0.1, 0.15) is 5.56 Å². The molecule has 15 heteroatoms. The fourth-order valence-electron chi connectivity index (χ4n) is 5.38. The second-order valence-electron chi connectivity index (χ2n) is 11.2. The Hall–Kier alpha value is -4.70. The molecule has 0 spiro atoms. The normalized spacial score (nSPS) is 17.7. The maximum absolute atomic E-state index is 14.2. The monoisotopic (exact) mass is 697 g/mol. The first kappa shape index (κ1) is 34.2. The van der Waals surface area contributed by atoms with Crippen molar-refractivity contribution in [3.63, 3.8) is 0 Å². The van der Waals surface area contributed by atoms with Crippen molar-refractivity contribution in [2.45, 2.75) is 43.2 Å². The molecule has 1 aromatic heterocycles. The van der Waals surface area contributed by atoms with E-state index in [2.05, 4.69) is 20.8 Å². The van der Waals surface area contributed by atoms with Crippen LogP contribution in [0.15, 0.2) is 78.0 Å². The van der Waals surface area contributed by atoms with Crippen LogP contribution in [0.25, 0.3) is 11.1 Å². The number of hydrogen-bond acceptors (Lipinski definition) is 8. The number of amides is 1. The van der Waals surface area contributed by atoms with Gasteiger partial charge >= 0.3 is 0 Å². The van der Waals surface area contributed by atoms with Gasteiger partial charge in [-0.15, -0.1) is 5.10 Å². The number of nitrogens with one attached hydrogen (secondary N) is 1. The number of thioether (sulfide) groups is 1. The summed E-state index contributed by atoms with van der Waals surface area (Å²) in [5.41, 5.74) is 2.79. The zero-order valence-electron chi connectivity index (χ0n) is 25.7. The van der Waals surface area contributed by atoms with Crippen LogP contribution in [0.5, 0.6) is 0 Å². The van der Waals surface area contributed by atoms with Crippen molar-refractivity contribution in [1.29, 1.82) is 0 Å². The van der Waals surface area contributed by atoms with Crippen LogP contribution in [0, 0.1) is 29.1 Å². The topological polar surface area (TPSA) is 111 Å². The Morgan fingerprint density at radius 3 is 2.20 bits per heavy atom. The van der Waals surface area contributed by atoms with E-state index < -0.39 is 46.8 Å². The summed E-state index contributed by atoms with van der Waals surface area (Å²) in [6.45, 7) is -0.335. The number of benzene rings is 4. The van der Waals surface area contributed by atoms with Crippen LogP contribution in [0.1, 0.15) is 51.4 Å². The summed E-state index contributed by atoms with van der Waals surface area (Å²) in [6, 6.07) is 21.7. The van der Waals surface area contributed by atoms with E-state index in [4.69, 9.17) is 9.47 Å². The minimum Gasteiger partial charge on any atom is -0.392 e. The number of halogens is 5. The molecule has 1 saturated heterocycles. The predicted molar refractivity (Wildman–Crippen MR) is 167 cm³/mol. The zero-order chi connectivity index (χ0) is 34.7. The fourth-order valence-corrected chi connectivity index (χ4v) is 6.25. The van der Waals surface area contributed by atoms with E-state index in [1.165, 1.54) is 11.8 Å². The molecule has 6 rings (SSSR count). The average molecular weight is 698 g/mol. The minimum absolute atomic E-state index is 0.0737. The molecule has 1 amide bonds. The molecule has 49 heavy (non-hydrogen) atoms. The summed E-state index contributed by atoms with van der Waals surface area (Å²) in [5, 5.41) is 23.9. The van der Waals surface area contributed by atoms with Crippen molar-refractivity contribution in [2.75, 3.05) is 5.75 Å². The number of aliphatic hydroxyl groups is 1. The summed E-state index contributed by atoms with van der Waals surface area (Å²) >= 11 is 1.46. The number of aromatic nitrogens is 4. The number of rotatable bonds is 10. The Kier molecular flexibility index (Phi) is 10.3. The van der Waals surface area contributed by atoms with Gasteiger partial charge < -0.3 is 19.9 Å². The largest absolute Gasteiger partial charge is 0.392 e. The van der Waals surface area contributed by atoms with Gasteiger partial charge in [-0.1, -0.05) is 84.6 Å². The van der Waals surface area contributed by atoms with Crippen LogP contribution in [-0.4, -0.2) is 43.1 Å². The summed E-state index contributed by atoms with van der Waals surface area (Å²) in [6.07, 6.45) is -0.708. The zero-order valence-corrected chi connectivity index (χ0v) is 26.6. The molecule has 1 fully saturated rings. The maximum atomic E-state index is 14.2. The third kappa shape index (κ3) is 7.34. The highest BCUT2D eigenvalue weighted by atomic mass is 32.2. The summed E-state index contributed by atoms with van der Waals surface area (Å²) < 4.78 is 83.6. The standard InChI is InChI=1S/C34H28F5N5O4S/c1-44-34(41-42-43-44)49-17-23-14-25(20-8-6-18(16-45)7-9-20)48-33(47-23)21-12-10-19(11-13-21)24-5-3-2-4-22(24)15-40-32(46)26-27(35)29(37)31(39)30(38)28(26)36/h2-13,23,25,33,45H,14-17H2,1H3,(H,40,46)/t23-,25+,33+/m0/s1. The molecular formula is C34H28F5N5O4S. The van der Waals surface area contributed by atoms with Crippen molar-refractivity contribution in [3.05, 3.63) is 130 Å². The lowest BCUT2D eigenvalue weighted by Gasteiger charge is -2.36. The van der Waals surface area contributed by atoms with Gasteiger partial charge in [-0.3, -0.25) is 4.79 Å². The smallest absolute Gasteiger partial charge is 0.257 e. The number of carbonyl (C=O) groups excluding carboxylic acids is 1. The molecule has 0 unspecified atom stereocenters. The second-order valence-corrected chi connectivity index (χ2v) is 12.1. The van der Waals surface area contributed by atoms with Crippen molar-refractivity contribution in [3.8, 4) is 11.1 Å². The second kappa shape index (κ2) is 14.8. The Morgan fingerprint density at radius 2 is 1.55 bits per heavy atom. The lowest BCUT2D eigenvalue weighted by Crippen LogP contribution is -2.31. The first-order valence-corrected chi connectivity index (χ1v) is 16.0. The molecule has 1 aliphatic rings. The Labute approximate surface area is 281 Å². The minimum atomic E-state index is -2.34. The molecule has 4 aromatic carbocycles. The molecule has 2 N–H and O–H groups in total. The molecule has 0 aliphatic carbocycles. The quantitative estimate of drug-likeness (QED) is 0.0754. The third-order valence-corrected chi connectivity index (χ3v) is 9.12. The molecular weight excluding hydrogens is 669 g/mol. The molecule has 2 heterocycles. The van der Waals surface area contributed by atoms with Crippen LogP contribution >= 0.6 is 11.8 Å².